The molecule has 0 aromatic carbocycles. The third-order valence-electron chi connectivity index (χ3n) is 2.98. The van der Waals surface area contributed by atoms with Crippen LogP contribution in [0.5, 0.6) is 0 Å². The van der Waals surface area contributed by atoms with E-state index in [1.165, 1.54) is 6.20 Å². The molecule has 1 aromatic rings. The molecule has 0 bridgehead atoms. The fraction of sp³-hybridized carbons (Fsp3) is 0.455. The van der Waals surface area contributed by atoms with Crippen molar-refractivity contribution >= 4 is 11.6 Å². The molecule has 0 radical (unpaired) electrons. The number of carbonyl (C=O) groups is 1. The Morgan fingerprint density at radius 1 is 1.59 bits per heavy atom. The molecule has 2 rings (SSSR count). The number of nitrogens with two attached hydrogens (primary N) is 1. The molecule has 0 aliphatic heterocycles. The zero-order valence-electron chi connectivity index (χ0n) is 9.64. The van der Waals surface area contributed by atoms with Gasteiger partial charge in [-0.2, -0.15) is 0 Å². The van der Waals surface area contributed by atoms with Crippen molar-refractivity contribution < 1.29 is 9.53 Å². The summed E-state index contributed by atoms with van der Waals surface area (Å²) in [5, 5.41) is 2.93. The average molecular weight is 236 g/mol. The van der Waals surface area contributed by atoms with Crippen LogP contribution >= 0.6 is 0 Å². The molecule has 0 unspecified atom stereocenters. The number of aromatic nitrogens is 1. The first-order valence-electron chi connectivity index (χ1n) is 5.49. The van der Waals surface area contributed by atoms with Gasteiger partial charge in [-0.3, -0.25) is 15.6 Å². The van der Waals surface area contributed by atoms with Gasteiger partial charge in [-0.15, -0.1) is 0 Å². The predicted octanol–water partition coefficient (Wildman–Crippen LogP) is 0.274. The van der Waals surface area contributed by atoms with Crippen LogP contribution in [-0.2, 0) is 4.74 Å². The number of ether oxygens (including phenoxy) is 1. The Labute approximate surface area is 99.5 Å². The fourth-order valence-corrected chi connectivity index (χ4v) is 1.85. The fourth-order valence-electron chi connectivity index (χ4n) is 1.85. The molecule has 6 nitrogen and oxygen atoms in total. The Hall–Kier alpha value is -1.66. The van der Waals surface area contributed by atoms with Gasteiger partial charge in [0.05, 0.1) is 23.6 Å². The summed E-state index contributed by atoms with van der Waals surface area (Å²) in [7, 11) is 1.68. The molecular formula is C11H16N4O2. The molecule has 1 fully saturated rings. The van der Waals surface area contributed by atoms with Crippen LogP contribution in [0.3, 0.4) is 0 Å². The highest BCUT2D eigenvalue weighted by molar-refractivity contribution is 5.99. The normalized spacial score (nSPS) is 22.7. The monoisotopic (exact) mass is 236 g/mol. The Balaban J connectivity index is 1.96. The van der Waals surface area contributed by atoms with Crippen LogP contribution in [0, 0.1) is 0 Å². The van der Waals surface area contributed by atoms with Gasteiger partial charge in [-0.1, -0.05) is 0 Å². The van der Waals surface area contributed by atoms with Crippen molar-refractivity contribution in [3.63, 3.8) is 0 Å². The first-order valence-corrected chi connectivity index (χ1v) is 5.49. The first kappa shape index (κ1) is 11.8. The highest BCUT2D eigenvalue weighted by Gasteiger charge is 2.30. The van der Waals surface area contributed by atoms with Crippen molar-refractivity contribution in [1.29, 1.82) is 0 Å². The average Bonchev–Trinajstić information content (AvgIpc) is 2.32. The Kier molecular flexibility index (Phi) is 3.55. The van der Waals surface area contributed by atoms with Gasteiger partial charge in [0.25, 0.3) is 5.91 Å². The minimum Gasteiger partial charge on any atom is -0.381 e. The van der Waals surface area contributed by atoms with Crippen molar-refractivity contribution in [3.05, 3.63) is 24.0 Å². The van der Waals surface area contributed by atoms with Crippen molar-refractivity contribution in [2.75, 3.05) is 12.5 Å². The number of hydrogen-bond acceptors (Lipinski definition) is 5. The van der Waals surface area contributed by atoms with E-state index in [0.29, 0.717) is 11.3 Å². The molecule has 1 heterocycles. The molecule has 1 aliphatic carbocycles. The van der Waals surface area contributed by atoms with Crippen molar-refractivity contribution in [2.24, 2.45) is 5.84 Å². The van der Waals surface area contributed by atoms with Crippen LogP contribution < -0.4 is 16.6 Å². The number of carbonyl (C=O) groups excluding carboxylic acids is 1. The van der Waals surface area contributed by atoms with Gasteiger partial charge in [-0.25, -0.2) is 0 Å². The number of nitrogens with zero attached hydrogens (tertiary/aromatic N) is 1. The minimum absolute atomic E-state index is 0.139. The van der Waals surface area contributed by atoms with E-state index in [-0.39, 0.29) is 18.1 Å². The molecule has 0 spiro atoms. The highest BCUT2D eigenvalue weighted by atomic mass is 16.5. The first-order chi connectivity index (χ1) is 8.24. The molecule has 0 atom stereocenters. The molecule has 17 heavy (non-hydrogen) atoms. The zero-order chi connectivity index (χ0) is 12.3. The van der Waals surface area contributed by atoms with Gasteiger partial charge < -0.3 is 15.5 Å². The maximum Gasteiger partial charge on any atom is 0.253 e. The van der Waals surface area contributed by atoms with E-state index >= 15 is 0 Å². The molecule has 1 amide bonds. The standard InChI is InChI=1S/C11H16N4O2/c1-17-8-4-7(5-8)14-11(16)9-2-3-13-6-10(9)15-12/h2-3,6-8,15H,4-5,12H2,1H3,(H,14,16). The van der Waals surface area contributed by atoms with E-state index in [0.717, 1.165) is 12.8 Å². The van der Waals surface area contributed by atoms with Gasteiger partial charge in [0.2, 0.25) is 0 Å². The van der Waals surface area contributed by atoms with E-state index < -0.39 is 0 Å². The molecule has 92 valence electrons. The summed E-state index contributed by atoms with van der Waals surface area (Å²) in [4.78, 5) is 15.8. The van der Waals surface area contributed by atoms with Crippen molar-refractivity contribution in [1.82, 2.24) is 10.3 Å². The van der Waals surface area contributed by atoms with Gasteiger partial charge in [0.15, 0.2) is 0 Å². The molecular weight excluding hydrogens is 220 g/mol. The topological polar surface area (TPSA) is 89.3 Å². The van der Waals surface area contributed by atoms with E-state index in [1.807, 2.05) is 0 Å². The quantitative estimate of drug-likeness (QED) is 0.516. The predicted molar refractivity (Wildman–Crippen MR) is 63.3 cm³/mol. The summed E-state index contributed by atoms with van der Waals surface area (Å²) < 4.78 is 5.15. The van der Waals surface area contributed by atoms with Crippen molar-refractivity contribution in [2.45, 2.75) is 25.0 Å². The third kappa shape index (κ3) is 2.54. The second-order valence-electron chi connectivity index (χ2n) is 4.07. The van der Waals surface area contributed by atoms with E-state index in [9.17, 15) is 4.79 Å². The van der Waals surface area contributed by atoms with E-state index in [1.54, 1.807) is 19.4 Å². The highest BCUT2D eigenvalue weighted by Crippen LogP contribution is 2.23. The molecule has 4 N–H and O–H groups in total. The second-order valence-corrected chi connectivity index (χ2v) is 4.07. The number of pyridine rings is 1. The number of methoxy groups -OCH3 is 1. The molecule has 1 aromatic heterocycles. The van der Waals surface area contributed by atoms with E-state index in [4.69, 9.17) is 10.6 Å². The lowest BCUT2D eigenvalue weighted by atomic mass is 9.89. The number of nitrogens with one attached hydrogen (secondary N) is 2. The van der Waals surface area contributed by atoms with Gasteiger partial charge in [0.1, 0.15) is 0 Å². The van der Waals surface area contributed by atoms with Crippen LogP contribution in [0.15, 0.2) is 18.5 Å². The number of amides is 1. The molecule has 0 saturated heterocycles. The number of hydrazine groups is 1. The maximum absolute atomic E-state index is 11.9. The van der Waals surface area contributed by atoms with Crippen LogP contribution in [-0.4, -0.2) is 30.1 Å². The van der Waals surface area contributed by atoms with E-state index in [2.05, 4.69) is 15.7 Å². The number of hydrogen-bond donors (Lipinski definition) is 3. The Bertz CT molecular complexity index is 404. The number of rotatable bonds is 4. The number of anilines is 1. The summed E-state index contributed by atoms with van der Waals surface area (Å²) >= 11 is 0. The third-order valence-corrected chi connectivity index (χ3v) is 2.98. The summed E-state index contributed by atoms with van der Waals surface area (Å²) in [5.74, 6) is 5.18. The van der Waals surface area contributed by atoms with Gasteiger partial charge in [0, 0.05) is 19.3 Å². The summed E-state index contributed by atoms with van der Waals surface area (Å²) in [6.45, 7) is 0. The lowest BCUT2D eigenvalue weighted by Crippen LogP contribution is -2.47. The SMILES string of the molecule is COC1CC(NC(=O)c2ccncc2NN)C1. The molecule has 1 aliphatic rings. The molecule has 1 saturated carbocycles. The van der Waals surface area contributed by atoms with Gasteiger partial charge in [-0.05, 0) is 18.9 Å². The number of nitrogen functional groups attached to an aromatic ring is 1. The largest absolute Gasteiger partial charge is 0.381 e. The van der Waals surface area contributed by atoms with Crippen molar-refractivity contribution in [3.8, 4) is 0 Å². The lowest BCUT2D eigenvalue weighted by molar-refractivity contribution is 0.0176. The lowest BCUT2D eigenvalue weighted by Gasteiger charge is -2.34. The van der Waals surface area contributed by atoms with Crippen LogP contribution in [0.25, 0.3) is 0 Å². The van der Waals surface area contributed by atoms with Crippen LogP contribution in [0.2, 0.25) is 0 Å². The summed E-state index contributed by atoms with van der Waals surface area (Å²) in [6.07, 6.45) is 5.07. The summed E-state index contributed by atoms with van der Waals surface area (Å²) in [6, 6.07) is 1.82. The second kappa shape index (κ2) is 5.11. The summed E-state index contributed by atoms with van der Waals surface area (Å²) in [5.41, 5.74) is 3.48. The minimum atomic E-state index is -0.139. The Morgan fingerprint density at radius 3 is 3.00 bits per heavy atom. The van der Waals surface area contributed by atoms with Crippen LogP contribution in [0.1, 0.15) is 23.2 Å². The Morgan fingerprint density at radius 2 is 2.35 bits per heavy atom. The maximum atomic E-state index is 11.9. The molecule has 6 heteroatoms. The zero-order valence-corrected chi connectivity index (χ0v) is 9.64. The van der Waals surface area contributed by atoms with Crippen LogP contribution in [0.4, 0.5) is 5.69 Å². The van der Waals surface area contributed by atoms with Gasteiger partial charge >= 0.3 is 0 Å². The smallest absolute Gasteiger partial charge is 0.253 e.